The number of hydrogen-bond donors (Lipinski definition) is 0. The molecule has 4 heterocycles. The van der Waals surface area contributed by atoms with Gasteiger partial charge in [0.1, 0.15) is 11.5 Å². The van der Waals surface area contributed by atoms with Gasteiger partial charge in [0.25, 0.3) is 0 Å². The van der Waals surface area contributed by atoms with E-state index in [4.69, 9.17) is 4.52 Å². The molecule has 1 saturated heterocycles. The lowest BCUT2D eigenvalue weighted by Crippen LogP contribution is -2.23. The third-order valence-corrected chi connectivity index (χ3v) is 5.23. The molecule has 3 aromatic heterocycles. The predicted octanol–water partition coefficient (Wildman–Crippen LogP) is 3.24. The zero-order valence-electron chi connectivity index (χ0n) is 13.9. The van der Waals surface area contributed by atoms with E-state index in [1.165, 1.54) is 24.8 Å². The van der Waals surface area contributed by atoms with Gasteiger partial charge in [-0.05, 0) is 56.7 Å². The Morgan fingerprint density at radius 3 is 2.96 bits per heavy atom. The van der Waals surface area contributed by atoms with E-state index in [9.17, 15) is 0 Å². The van der Waals surface area contributed by atoms with E-state index in [0.29, 0.717) is 6.04 Å². The van der Waals surface area contributed by atoms with Crippen LogP contribution in [-0.2, 0) is 6.54 Å². The van der Waals surface area contributed by atoms with Crippen LogP contribution in [0.3, 0.4) is 0 Å². The van der Waals surface area contributed by atoms with Crippen molar-refractivity contribution in [1.29, 1.82) is 0 Å². The zero-order valence-corrected chi connectivity index (χ0v) is 13.9. The maximum Gasteiger partial charge on any atom is 0.133 e. The highest BCUT2D eigenvalue weighted by Crippen LogP contribution is 2.40. The maximum atomic E-state index is 5.20. The van der Waals surface area contributed by atoms with Gasteiger partial charge in [0.2, 0.25) is 0 Å². The van der Waals surface area contributed by atoms with Gasteiger partial charge in [-0.1, -0.05) is 16.4 Å². The van der Waals surface area contributed by atoms with Crippen molar-refractivity contribution in [1.82, 2.24) is 24.9 Å². The smallest absolute Gasteiger partial charge is 0.133 e. The summed E-state index contributed by atoms with van der Waals surface area (Å²) < 4.78 is 7.16. The normalized spacial score (nSPS) is 21.8. The minimum Gasteiger partial charge on any atom is -0.361 e. The molecule has 0 aromatic carbocycles. The summed E-state index contributed by atoms with van der Waals surface area (Å²) in [7, 11) is 0. The van der Waals surface area contributed by atoms with Crippen molar-refractivity contribution in [2.75, 3.05) is 6.54 Å². The van der Waals surface area contributed by atoms with E-state index in [0.717, 1.165) is 48.1 Å². The van der Waals surface area contributed by atoms with Gasteiger partial charge in [0.05, 0.1) is 17.3 Å². The summed E-state index contributed by atoms with van der Waals surface area (Å²) in [6, 6.07) is 6.77. The summed E-state index contributed by atoms with van der Waals surface area (Å²) in [6.45, 7) is 3.80. The van der Waals surface area contributed by atoms with Gasteiger partial charge in [-0.2, -0.15) is 0 Å². The number of nitrogens with zero attached hydrogens (tertiary/aromatic N) is 5. The van der Waals surface area contributed by atoms with Gasteiger partial charge in [0, 0.05) is 18.8 Å². The standard InChI is InChI=1S/C18H21N5O/c1-12-9-15(20-24-12)11-22-8-2-3-16(22)18-17-7-6-14(13-4-5-13)10-23(17)21-19-18/h6-7,9-10,13,16H,2-5,8,11H2,1H3. The Hall–Kier alpha value is -2.21. The Kier molecular flexibility index (Phi) is 3.19. The Labute approximate surface area is 140 Å². The molecular formula is C18H21N5O. The van der Waals surface area contributed by atoms with Crippen LogP contribution in [0.15, 0.2) is 28.9 Å². The lowest BCUT2D eigenvalue weighted by atomic mass is 10.1. The largest absolute Gasteiger partial charge is 0.361 e. The van der Waals surface area contributed by atoms with Crippen LogP contribution in [0, 0.1) is 6.92 Å². The van der Waals surface area contributed by atoms with Crippen molar-refractivity contribution in [2.45, 2.75) is 51.1 Å². The van der Waals surface area contributed by atoms with E-state index >= 15 is 0 Å². The van der Waals surface area contributed by atoms with Crippen LogP contribution in [-0.4, -0.2) is 31.4 Å². The Morgan fingerprint density at radius 1 is 1.25 bits per heavy atom. The van der Waals surface area contributed by atoms with Gasteiger partial charge >= 0.3 is 0 Å². The van der Waals surface area contributed by atoms with Crippen LogP contribution < -0.4 is 0 Å². The molecule has 6 heteroatoms. The molecule has 0 amide bonds. The molecule has 1 atom stereocenters. The fourth-order valence-electron chi connectivity index (χ4n) is 3.85. The number of aryl methyl sites for hydroxylation is 1. The molecule has 0 bridgehead atoms. The third-order valence-electron chi connectivity index (χ3n) is 5.23. The molecule has 24 heavy (non-hydrogen) atoms. The molecule has 124 valence electrons. The highest BCUT2D eigenvalue weighted by atomic mass is 16.5. The van der Waals surface area contributed by atoms with Gasteiger partial charge < -0.3 is 4.52 Å². The molecule has 0 radical (unpaired) electrons. The van der Waals surface area contributed by atoms with Crippen LogP contribution >= 0.6 is 0 Å². The lowest BCUT2D eigenvalue weighted by Gasteiger charge is -2.21. The number of fused-ring (bicyclic) bond motifs is 1. The van der Waals surface area contributed by atoms with Crippen LogP contribution in [0.2, 0.25) is 0 Å². The van der Waals surface area contributed by atoms with Crippen LogP contribution in [0.1, 0.15) is 60.4 Å². The molecule has 0 spiro atoms. The maximum absolute atomic E-state index is 5.20. The molecule has 2 fully saturated rings. The average molecular weight is 323 g/mol. The fourth-order valence-corrected chi connectivity index (χ4v) is 3.85. The van der Waals surface area contributed by atoms with Crippen molar-refractivity contribution >= 4 is 5.52 Å². The number of aromatic nitrogens is 4. The molecule has 3 aromatic rings. The predicted molar refractivity (Wildman–Crippen MR) is 88.6 cm³/mol. The monoisotopic (exact) mass is 323 g/mol. The first-order chi connectivity index (χ1) is 11.8. The highest BCUT2D eigenvalue weighted by Gasteiger charge is 2.31. The first kappa shape index (κ1) is 14.2. The van der Waals surface area contributed by atoms with E-state index in [2.05, 4.69) is 38.7 Å². The summed E-state index contributed by atoms with van der Waals surface area (Å²) in [5.74, 6) is 1.60. The minimum absolute atomic E-state index is 0.311. The lowest BCUT2D eigenvalue weighted by molar-refractivity contribution is 0.237. The average Bonchev–Trinajstić information content (AvgIpc) is 2.99. The molecular weight excluding hydrogens is 302 g/mol. The second-order valence-electron chi connectivity index (χ2n) is 7.10. The second kappa shape index (κ2) is 5.41. The summed E-state index contributed by atoms with van der Waals surface area (Å²) in [6.07, 6.45) is 7.07. The van der Waals surface area contributed by atoms with Crippen molar-refractivity contribution in [3.05, 3.63) is 47.1 Å². The molecule has 2 aliphatic rings. The third kappa shape index (κ3) is 2.41. The fraction of sp³-hybridized carbons (Fsp3) is 0.500. The minimum atomic E-state index is 0.311. The second-order valence-corrected chi connectivity index (χ2v) is 7.10. The van der Waals surface area contributed by atoms with Crippen molar-refractivity contribution in [2.24, 2.45) is 0 Å². The van der Waals surface area contributed by atoms with Crippen LogP contribution in [0.4, 0.5) is 0 Å². The van der Waals surface area contributed by atoms with Gasteiger partial charge in [-0.25, -0.2) is 4.52 Å². The van der Waals surface area contributed by atoms with Crippen LogP contribution in [0.5, 0.6) is 0 Å². The topological polar surface area (TPSA) is 59.5 Å². The van der Waals surface area contributed by atoms with Gasteiger partial charge in [-0.15, -0.1) is 5.10 Å². The Morgan fingerprint density at radius 2 is 2.17 bits per heavy atom. The van der Waals surface area contributed by atoms with E-state index in [1.54, 1.807) is 0 Å². The molecule has 0 N–H and O–H groups in total. The summed E-state index contributed by atoms with van der Waals surface area (Å²) in [5, 5.41) is 13.0. The van der Waals surface area contributed by atoms with Gasteiger partial charge in [0.15, 0.2) is 0 Å². The number of pyridine rings is 1. The summed E-state index contributed by atoms with van der Waals surface area (Å²) in [4.78, 5) is 2.44. The zero-order chi connectivity index (χ0) is 16.1. The van der Waals surface area contributed by atoms with Gasteiger partial charge in [-0.3, -0.25) is 4.90 Å². The van der Waals surface area contributed by atoms with Crippen molar-refractivity contribution < 1.29 is 4.52 Å². The summed E-state index contributed by atoms with van der Waals surface area (Å²) >= 11 is 0. The SMILES string of the molecule is Cc1cc(CN2CCCC2c2nnn3cc(C4CC4)ccc23)no1. The first-order valence-corrected chi connectivity index (χ1v) is 8.79. The Bertz CT molecular complexity index is 879. The first-order valence-electron chi connectivity index (χ1n) is 8.79. The molecule has 1 aliphatic carbocycles. The number of rotatable bonds is 4. The number of hydrogen-bond acceptors (Lipinski definition) is 5. The Balaban J connectivity index is 1.44. The van der Waals surface area contributed by atoms with E-state index < -0.39 is 0 Å². The molecule has 1 aliphatic heterocycles. The quantitative estimate of drug-likeness (QED) is 0.737. The number of likely N-dealkylation sites (tertiary alicyclic amines) is 1. The van der Waals surface area contributed by atoms with Crippen LogP contribution in [0.25, 0.3) is 5.52 Å². The van der Waals surface area contributed by atoms with E-state index in [-0.39, 0.29) is 0 Å². The van der Waals surface area contributed by atoms with E-state index in [1.807, 2.05) is 17.5 Å². The molecule has 5 rings (SSSR count). The highest BCUT2D eigenvalue weighted by molar-refractivity contribution is 5.53. The van der Waals surface area contributed by atoms with Crippen molar-refractivity contribution in [3.8, 4) is 0 Å². The summed E-state index contributed by atoms with van der Waals surface area (Å²) in [5.41, 5.74) is 4.61. The molecule has 1 unspecified atom stereocenters. The molecule has 6 nitrogen and oxygen atoms in total. The van der Waals surface area contributed by atoms with Crippen molar-refractivity contribution in [3.63, 3.8) is 0 Å². The molecule has 1 saturated carbocycles.